The Balaban J connectivity index is 1.34. The molecule has 7 saturated carbocycles. The third-order valence-electron chi connectivity index (χ3n) is 14.7. The van der Waals surface area contributed by atoms with Gasteiger partial charge in [-0.05, 0) is 48.3 Å². The lowest BCUT2D eigenvalue weighted by atomic mass is 9.18. The van der Waals surface area contributed by atoms with Crippen molar-refractivity contribution in [2.45, 2.75) is 37.0 Å². The third kappa shape index (κ3) is 0.908. The van der Waals surface area contributed by atoms with Crippen molar-refractivity contribution in [2.24, 2.45) is 71.3 Å². The van der Waals surface area contributed by atoms with Crippen molar-refractivity contribution >= 4 is 0 Å². The number of allylic oxidation sites excluding steroid dienone is 4. The molecule has 36 heavy (non-hydrogen) atoms. The van der Waals surface area contributed by atoms with E-state index in [1.54, 1.807) is 14.1 Å². The Morgan fingerprint density at radius 1 is 0.528 bits per heavy atom. The van der Waals surface area contributed by atoms with E-state index in [9.17, 15) is 19.2 Å². The van der Waals surface area contributed by atoms with Gasteiger partial charge in [-0.25, -0.2) is 47.0 Å². The van der Waals surface area contributed by atoms with E-state index in [1.807, 2.05) is 18.7 Å². The van der Waals surface area contributed by atoms with Crippen LogP contribution in [0.3, 0.4) is 0 Å². The molecule has 10 nitrogen and oxygen atoms in total. The highest BCUT2D eigenvalue weighted by molar-refractivity contribution is 5.62. The van der Waals surface area contributed by atoms with Gasteiger partial charge in [0.15, 0.2) is 0 Å². The molecule has 8 bridgehead atoms. The first-order chi connectivity index (χ1) is 17.4. The Bertz CT molecular complexity index is 1650. The largest absolute Gasteiger partial charge is 0.347 e. The van der Waals surface area contributed by atoms with Crippen molar-refractivity contribution < 1.29 is 0 Å². The minimum atomic E-state index is -0.218. The van der Waals surface area contributed by atoms with E-state index >= 15 is 0 Å². The average Bonchev–Trinajstić information content (AvgIpc) is 3.66. The zero-order valence-corrected chi connectivity index (χ0v) is 19.8. The fourth-order valence-corrected chi connectivity index (χ4v) is 15.6. The summed E-state index contributed by atoms with van der Waals surface area (Å²) in [6.45, 7) is 0. The molecule has 13 aliphatic rings. The zero-order chi connectivity index (χ0) is 23.8. The van der Waals surface area contributed by atoms with Crippen molar-refractivity contribution in [1.82, 2.24) is 27.9 Å². The second-order valence-electron chi connectivity index (χ2n) is 13.7. The fraction of sp³-hybridized carbons (Fsp3) is 0.692. The summed E-state index contributed by atoms with van der Waals surface area (Å²) in [5.74, 6) is 3.43. The quantitative estimate of drug-likeness (QED) is 0.473. The molecule has 4 spiro atoms. The highest BCUT2D eigenvalue weighted by Crippen LogP contribution is 3.14. The maximum Gasteiger partial charge on any atom is 0.347 e. The monoisotopic (exact) mass is 484 g/mol. The van der Waals surface area contributed by atoms with Crippen molar-refractivity contribution in [2.75, 3.05) is 0 Å². The summed E-state index contributed by atoms with van der Waals surface area (Å²) in [5, 5.41) is 0. The van der Waals surface area contributed by atoms with Gasteiger partial charge in [0.2, 0.25) is 0 Å². The molecule has 7 fully saturated rings. The summed E-state index contributed by atoms with van der Waals surface area (Å²) in [6.07, 6.45) is 11.4. The molecule has 0 amide bonds. The lowest BCUT2D eigenvalue weighted by molar-refractivity contribution is -0.405. The molecule has 9 aliphatic carbocycles. The Labute approximate surface area is 202 Å². The molecule has 0 N–H and O–H groups in total. The molecule has 14 atom stereocenters. The first kappa shape index (κ1) is 17.4. The zero-order valence-electron chi connectivity index (χ0n) is 19.8. The minimum absolute atomic E-state index is 0.136. The third-order valence-corrected chi connectivity index (χ3v) is 14.7. The van der Waals surface area contributed by atoms with Gasteiger partial charge >= 0.3 is 22.8 Å². The van der Waals surface area contributed by atoms with E-state index < -0.39 is 0 Å². The molecule has 182 valence electrons. The van der Waals surface area contributed by atoms with Crippen LogP contribution in [0.1, 0.15) is 37.0 Å². The fourth-order valence-electron chi connectivity index (χ4n) is 15.6. The second-order valence-corrected chi connectivity index (χ2v) is 13.7. The molecule has 0 radical (unpaired) electrons. The Kier molecular flexibility index (Phi) is 1.96. The van der Waals surface area contributed by atoms with Crippen LogP contribution in [0.15, 0.2) is 43.5 Å². The van der Waals surface area contributed by atoms with Crippen molar-refractivity contribution in [3.63, 3.8) is 0 Å². The van der Waals surface area contributed by atoms with Crippen LogP contribution in [0.5, 0.6) is 0 Å². The highest BCUT2D eigenvalue weighted by Gasteiger charge is 3.13. The van der Waals surface area contributed by atoms with E-state index in [0.717, 1.165) is 0 Å². The van der Waals surface area contributed by atoms with Crippen LogP contribution in [-0.2, 0) is 14.1 Å². The van der Waals surface area contributed by atoms with Gasteiger partial charge in [-0.15, -0.1) is 0 Å². The second kappa shape index (κ2) is 4.05. The van der Waals surface area contributed by atoms with Crippen molar-refractivity contribution in [3.8, 4) is 0 Å². The van der Waals surface area contributed by atoms with Crippen LogP contribution in [0.4, 0.5) is 0 Å². The van der Waals surface area contributed by atoms with Gasteiger partial charge in [0.25, 0.3) is 0 Å². The van der Waals surface area contributed by atoms with Crippen LogP contribution in [0.2, 0.25) is 0 Å². The van der Waals surface area contributed by atoms with Gasteiger partial charge in [-0.2, -0.15) is 0 Å². The summed E-state index contributed by atoms with van der Waals surface area (Å²) in [4.78, 5) is 54.3. The summed E-state index contributed by atoms with van der Waals surface area (Å²) in [6, 6.07) is -0.649. The van der Waals surface area contributed by atoms with Crippen molar-refractivity contribution in [1.29, 1.82) is 0 Å². The molecular weight excluding hydrogens is 460 g/mol. The lowest BCUT2D eigenvalue weighted by Gasteiger charge is -2.87. The number of aromatic nitrogens is 6. The molecular formula is C26H24N6O4. The lowest BCUT2D eigenvalue weighted by Crippen LogP contribution is -2.88. The molecule has 4 aliphatic heterocycles. The van der Waals surface area contributed by atoms with Gasteiger partial charge in [-0.3, -0.25) is 0 Å². The minimum Gasteiger partial charge on any atom is -0.246 e. The highest BCUT2D eigenvalue weighted by atomic mass is 16.2. The van der Waals surface area contributed by atoms with E-state index in [0.29, 0.717) is 35.5 Å². The van der Waals surface area contributed by atoms with E-state index in [2.05, 4.69) is 24.3 Å². The van der Waals surface area contributed by atoms with Crippen LogP contribution in [0, 0.1) is 57.2 Å². The Morgan fingerprint density at radius 2 is 0.778 bits per heavy atom. The summed E-state index contributed by atoms with van der Waals surface area (Å²) >= 11 is 0. The smallest absolute Gasteiger partial charge is 0.246 e. The molecule has 0 saturated heterocycles. The molecule has 2 aromatic rings. The SMILES string of the molecule is Cn1c(=O)n2n(c1=O)[C@@H]1C=C[C@H]2C23[C@H]4C[C@H]5C6C4[C@H]4C[C@@H]6C6([C@@H]7C=C[C@@H](n8c(=O)n(C)c(=O)n87)C526)C413. The van der Waals surface area contributed by atoms with Crippen LogP contribution < -0.4 is 22.8 Å². The average molecular weight is 485 g/mol. The Morgan fingerprint density at radius 3 is 1.03 bits per heavy atom. The first-order valence-electron chi connectivity index (χ1n) is 13.5. The Hall–Kier alpha value is -3.04. The van der Waals surface area contributed by atoms with E-state index in [1.165, 1.54) is 22.0 Å². The number of rotatable bonds is 0. The van der Waals surface area contributed by atoms with E-state index in [-0.39, 0.29) is 68.6 Å². The number of hydrogen-bond donors (Lipinski definition) is 0. The molecule has 6 unspecified atom stereocenters. The topological polar surface area (TPSA) is 97.9 Å². The van der Waals surface area contributed by atoms with E-state index in [4.69, 9.17) is 0 Å². The molecule has 6 heterocycles. The first-order valence-corrected chi connectivity index (χ1v) is 13.5. The molecule has 10 heteroatoms. The van der Waals surface area contributed by atoms with Gasteiger partial charge in [0.1, 0.15) is 0 Å². The van der Waals surface area contributed by atoms with Gasteiger partial charge in [0.05, 0.1) is 24.2 Å². The molecule has 0 aromatic carbocycles. The molecule has 15 rings (SSSR count). The summed E-state index contributed by atoms with van der Waals surface area (Å²) in [7, 11) is 3.20. The predicted molar refractivity (Wildman–Crippen MR) is 122 cm³/mol. The standard InChI is InChI=1S/C26H24N6O4/c1-27-19(33)29-13-3-4-14(30(29)20(27)34)24-10-8-12-18-11-7-9(17(10)18)23(13,24)25(11)15-5-6-16(26(12,24)25)32-22(36)28(2)21(35)31(15)32/h3-6,9-18H,7-8H2,1-2H3/t9-,10-,11-,12+,13+,14-,15-,16+,17?,18?,23?,24?,25?,26?/m0/s1. The summed E-state index contributed by atoms with van der Waals surface area (Å²) < 4.78 is 9.81. The maximum absolute atomic E-state index is 13.6. The number of nitrogens with zero attached hydrogens (tertiary/aromatic N) is 6. The predicted octanol–water partition coefficient (Wildman–Crippen LogP) is -0.454. The van der Waals surface area contributed by atoms with Crippen LogP contribution >= 0.6 is 0 Å². The maximum atomic E-state index is 13.6. The van der Waals surface area contributed by atoms with Gasteiger partial charge < -0.3 is 0 Å². The molecule has 2 aromatic heterocycles. The van der Waals surface area contributed by atoms with Gasteiger partial charge in [-0.1, -0.05) is 24.3 Å². The van der Waals surface area contributed by atoms with Crippen LogP contribution in [0.25, 0.3) is 0 Å². The summed E-state index contributed by atoms with van der Waals surface area (Å²) in [5.41, 5.74) is -1.42. The van der Waals surface area contributed by atoms with Gasteiger partial charge in [0, 0.05) is 35.8 Å². The van der Waals surface area contributed by atoms with Crippen molar-refractivity contribution in [3.05, 3.63) is 66.2 Å². The normalized spacial score (nSPS) is 59.8. The number of hydrogen-bond acceptors (Lipinski definition) is 4. The van der Waals surface area contributed by atoms with Crippen LogP contribution in [-0.4, -0.2) is 27.9 Å².